The number of benzene rings is 2. The van der Waals surface area contributed by atoms with Gasteiger partial charge < -0.3 is 19.5 Å². The van der Waals surface area contributed by atoms with Crippen LogP contribution in [-0.4, -0.2) is 32.2 Å². The van der Waals surface area contributed by atoms with E-state index in [1.807, 2.05) is 55.5 Å². The lowest BCUT2D eigenvalue weighted by molar-refractivity contribution is -0.111. The first-order chi connectivity index (χ1) is 17.3. The van der Waals surface area contributed by atoms with Crippen LogP contribution in [0.5, 0.6) is 11.5 Å². The Morgan fingerprint density at radius 1 is 1.08 bits per heavy atom. The van der Waals surface area contributed by atoms with Gasteiger partial charge in [0.15, 0.2) is 11.5 Å². The maximum atomic E-state index is 12.8. The van der Waals surface area contributed by atoms with E-state index < -0.39 is 5.97 Å². The number of aryl methyl sites for hydroxylation is 1. The van der Waals surface area contributed by atoms with Gasteiger partial charge >= 0.3 is 5.97 Å². The molecule has 0 aliphatic heterocycles. The topological polar surface area (TPSA) is 73.9 Å². The third-order valence-electron chi connectivity index (χ3n) is 5.43. The van der Waals surface area contributed by atoms with Crippen LogP contribution < -0.4 is 14.8 Å². The summed E-state index contributed by atoms with van der Waals surface area (Å²) in [5, 5.41) is 3.33. The van der Waals surface area contributed by atoms with Crippen molar-refractivity contribution in [3.63, 3.8) is 0 Å². The SMILES string of the molecule is CCOC(=O)c1c(NC(=O)/C=C/c2ccc(OCCC(C)C)c(OC)c2)sc(C)c1-c1ccccc1. The highest BCUT2D eigenvalue weighted by Crippen LogP contribution is 2.40. The van der Waals surface area contributed by atoms with E-state index in [0.29, 0.717) is 34.6 Å². The predicted octanol–water partition coefficient (Wildman–Crippen LogP) is 6.99. The van der Waals surface area contributed by atoms with Gasteiger partial charge in [0, 0.05) is 16.5 Å². The molecule has 0 atom stereocenters. The molecule has 6 nitrogen and oxygen atoms in total. The lowest BCUT2D eigenvalue weighted by Gasteiger charge is -2.12. The second-order valence-corrected chi connectivity index (χ2v) is 9.81. The molecule has 0 aliphatic carbocycles. The molecule has 0 saturated heterocycles. The van der Waals surface area contributed by atoms with Crippen molar-refractivity contribution < 1.29 is 23.8 Å². The minimum Gasteiger partial charge on any atom is -0.493 e. The van der Waals surface area contributed by atoms with Gasteiger partial charge in [-0.2, -0.15) is 0 Å². The molecule has 0 saturated carbocycles. The van der Waals surface area contributed by atoms with Gasteiger partial charge in [0.1, 0.15) is 10.6 Å². The number of carbonyl (C=O) groups is 2. The maximum Gasteiger partial charge on any atom is 0.341 e. The smallest absolute Gasteiger partial charge is 0.341 e. The van der Waals surface area contributed by atoms with Crippen molar-refractivity contribution in [1.29, 1.82) is 0 Å². The van der Waals surface area contributed by atoms with Crippen LogP contribution in [0.15, 0.2) is 54.6 Å². The van der Waals surface area contributed by atoms with Crippen molar-refractivity contribution in [2.45, 2.75) is 34.1 Å². The summed E-state index contributed by atoms with van der Waals surface area (Å²) >= 11 is 1.35. The number of rotatable bonds is 11. The Labute approximate surface area is 216 Å². The van der Waals surface area contributed by atoms with E-state index in [9.17, 15) is 9.59 Å². The number of hydrogen-bond donors (Lipinski definition) is 1. The number of carbonyl (C=O) groups excluding carboxylic acids is 2. The summed E-state index contributed by atoms with van der Waals surface area (Å²) in [6.45, 7) is 8.84. The predicted molar refractivity (Wildman–Crippen MR) is 146 cm³/mol. The molecule has 3 aromatic rings. The van der Waals surface area contributed by atoms with Crippen LogP contribution in [0.1, 0.15) is 48.0 Å². The summed E-state index contributed by atoms with van der Waals surface area (Å²) in [5.74, 6) is 1.01. The highest BCUT2D eigenvalue weighted by Gasteiger charge is 2.25. The van der Waals surface area contributed by atoms with Crippen LogP contribution in [0.2, 0.25) is 0 Å². The third-order valence-corrected chi connectivity index (χ3v) is 6.45. The second kappa shape index (κ2) is 12.9. The quantitative estimate of drug-likeness (QED) is 0.224. The summed E-state index contributed by atoms with van der Waals surface area (Å²) in [5.41, 5.74) is 2.83. The van der Waals surface area contributed by atoms with Gasteiger partial charge in [0.05, 0.1) is 20.3 Å². The number of nitrogens with one attached hydrogen (secondary N) is 1. The molecule has 0 bridgehead atoms. The molecule has 0 unspecified atom stereocenters. The van der Waals surface area contributed by atoms with E-state index in [-0.39, 0.29) is 12.5 Å². The number of methoxy groups -OCH3 is 1. The molecule has 36 heavy (non-hydrogen) atoms. The molecule has 7 heteroatoms. The zero-order chi connectivity index (χ0) is 26.1. The second-order valence-electron chi connectivity index (χ2n) is 8.59. The number of ether oxygens (including phenoxy) is 3. The highest BCUT2D eigenvalue weighted by molar-refractivity contribution is 7.17. The van der Waals surface area contributed by atoms with Gasteiger partial charge in [-0.05, 0) is 55.5 Å². The fourth-order valence-electron chi connectivity index (χ4n) is 3.62. The molecule has 190 valence electrons. The molecular formula is C29H33NO5S. The van der Waals surface area contributed by atoms with E-state index in [1.165, 1.54) is 17.4 Å². The van der Waals surface area contributed by atoms with Crippen molar-refractivity contribution in [3.8, 4) is 22.6 Å². The Morgan fingerprint density at radius 2 is 1.83 bits per heavy atom. The molecule has 2 aromatic carbocycles. The van der Waals surface area contributed by atoms with E-state index >= 15 is 0 Å². The number of anilines is 1. The number of hydrogen-bond acceptors (Lipinski definition) is 6. The largest absolute Gasteiger partial charge is 0.493 e. The van der Waals surface area contributed by atoms with Crippen molar-refractivity contribution in [1.82, 2.24) is 0 Å². The van der Waals surface area contributed by atoms with Gasteiger partial charge in [-0.15, -0.1) is 11.3 Å². The Hall–Kier alpha value is -3.58. The average molecular weight is 508 g/mol. The molecule has 1 N–H and O–H groups in total. The zero-order valence-corrected chi connectivity index (χ0v) is 22.2. The van der Waals surface area contributed by atoms with Gasteiger partial charge in [-0.25, -0.2) is 4.79 Å². The van der Waals surface area contributed by atoms with E-state index in [2.05, 4.69) is 19.2 Å². The van der Waals surface area contributed by atoms with E-state index in [4.69, 9.17) is 14.2 Å². The average Bonchev–Trinajstić information content (AvgIpc) is 3.19. The molecular weight excluding hydrogens is 474 g/mol. The Bertz CT molecular complexity index is 1210. The van der Waals surface area contributed by atoms with Crippen LogP contribution >= 0.6 is 11.3 Å². The Kier molecular flexibility index (Phi) is 9.70. The summed E-state index contributed by atoms with van der Waals surface area (Å²) in [6, 6.07) is 15.1. The number of amides is 1. The van der Waals surface area contributed by atoms with Gasteiger partial charge in [-0.1, -0.05) is 50.2 Å². The van der Waals surface area contributed by atoms with Gasteiger partial charge in [-0.3, -0.25) is 4.79 Å². The lowest BCUT2D eigenvalue weighted by Crippen LogP contribution is -2.12. The molecule has 0 spiro atoms. The fourth-order valence-corrected chi connectivity index (χ4v) is 4.69. The molecule has 0 aliphatic rings. The number of thiophene rings is 1. The Balaban J connectivity index is 1.80. The number of esters is 1. The van der Waals surface area contributed by atoms with Crippen LogP contribution in [0.3, 0.4) is 0 Å². The maximum absolute atomic E-state index is 12.8. The van der Waals surface area contributed by atoms with Gasteiger partial charge in [0.2, 0.25) is 5.91 Å². The van der Waals surface area contributed by atoms with Crippen LogP contribution in [0.25, 0.3) is 17.2 Å². The first-order valence-electron chi connectivity index (χ1n) is 12.0. The molecule has 1 heterocycles. The fraction of sp³-hybridized carbons (Fsp3) is 0.310. The lowest BCUT2D eigenvalue weighted by atomic mass is 10.0. The molecule has 0 fully saturated rings. The van der Waals surface area contributed by atoms with Crippen LogP contribution in [0, 0.1) is 12.8 Å². The molecule has 1 aromatic heterocycles. The zero-order valence-electron chi connectivity index (χ0n) is 21.4. The Morgan fingerprint density at radius 3 is 2.50 bits per heavy atom. The molecule has 0 radical (unpaired) electrons. The van der Waals surface area contributed by atoms with Crippen LogP contribution in [-0.2, 0) is 9.53 Å². The standard InChI is InChI=1S/C29H33NO5S/c1-6-34-29(32)27-26(22-10-8-7-9-11-22)20(4)36-28(27)30-25(31)15-13-21-12-14-23(24(18-21)33-5)35-17-16-19(2)3/h7-15,18-19H,6,16-17H2,1-5H3,(H,30,31)/b15-13+. The molecule has 1 amide bonds. The first kappa shape index (κ1) is 27.0. The minimum atomic E-state index is -0.460. The van der Waals surface area contributed by atoms with Crippen molar-refractivity contribution in [2.24, 2.45) is 5.92 Å². The monoisotopic (exact) mass is 507 g/mol. The van der Waals surface area contributed by atoms with Crippen molar-refractivity contribution in [2.75, 3.05) is 25.6 Å². The summed E-state index contributed by atoms with van der Waals surface area (Å²) in [6.07, 6.45) is 4.07. The minimum absolute atomic E-state index is 0.244. The summed E-state index contributed by atoms with van der Waals surface area (Å²) in [4.78, 5) is 26.6. The van der Waals surface area contributed by atoms with E-state index in [0.717, 1.165) is 28.0 Å². The summed E-state index contributed by atoms with van der Waals surface area (Å²) in [7, 11) is 1.59. The van der Waals surface area contributed by atoms with E-state index in [1.54, 1.807) is 20.1 Å². The van der Waals surface area contributed by atoms with Crippen LogP contribution in [0.4, 0.5) is 5.00 Å². The van der Waals surface area contributed by atoms with Gasteiger partial charge in [0.25, 0.3) is 0 Å². The van der Waals surface area contributed by atoms with Crippen molar-refractivity contribution >= 4 is 34.3 Å². The highest BCUT2D eigenvalue weighted by atomic mass is 32.1. The third kappa shape index (κ3) is 6.98. The van der Waals surface area contributed by atoms with Crippen molar-refractivity contribution in [3.05, 3.63) is 70.6 Å². The summed E-state index contributed by atoms with van der Waals surface area (Å²) < 4.78 is 16.6. The first-order valence-corrected chi connectivity index (χ1v) is 12.8. The normalized spacial score (nSPS) is 11.1. The molecule has 3 rings (SSSR count).